The Bertz CT molecular complexity index is 1160. The van der Waals surface area contributed by atoms with Gasteiger partial charge in [0.2, 0.25) is 16.9 Å². The molecular weight excluding hydrogens is 468 g/mol. The molecule has 0 saturated heterocycles. The van der Waals surface area contributed by atoms with E-state index in [1.54, 1.807) is 0 Å². The molecule has 30 heavy (non-hydrogen) atoms. The molecule has 2 heterocycles. The number of nitrogen functional groups attached to an aromatic ring is 1. The molecule has 10 heteroatoms. The predicted molar refractivity (Wildman–Crippen MR) is 117 cm³/mol. The van der Waals surface area contributed by atoms with Gasteiger partial charge in [-0.2, -0.15) is 0 Å². The van der Waals surface area contributed by atoms with Gasteiger partial charge < -0.3 is 15.0 Å². The van der Waals surface area contributed by atoms with Crippen molar-refractivity contribution in [1.82, 2.24) is 25.1 Å². The lowest BCUT2D eigenvalue weighted by atomic mass is 10.1. The fourth-order valence-electron chi connectivity index (χ4n) is 2.85. The molecule has 0 aliphatic heterocycles. The van der Waals surface area contributed by atoms with Crippen molar-refractivity contribution in [3.05, 3.63) is 69.8 Å². The molecule has 0 saturated carbocycles. The zero-order chi connectivity index (χ0) is 21.1. The van der Waals surface area contributed by atoms with Gasteiger partial charge >= 0.3 is 0 Å². The van der Waals surface area contributed by atoms with Crippen molar-refractivity contribution in [3.8, 4) is 17.2 Å². The van der Waals surface area contributed by atoms with Crippen LogP contribution in [0.1, 0.15) is 22.8 Å². The first-order valence-corrected chi connectivity index (χ1v) is 10.9. The maximum Gasteiger partial charge on any atom is 0.248 e. The lowest BCUT2D eigenvalue weighted by Gasteiger charge is -2.08. The van der Waals surface area contributed by atoms with Gasteiger partial charge in [0.15, 0.2) is 5.82 Å². The molecule has 8 nitrogen and oxygen atoms in total. The van der Waals surface area contributed by atoms with Crippen LogP contribution in [0, 0.1) is 13.8 Å². The molecule has 0 aliphatic rings. The number of aryl methyl sites for hydroxylation is 2. The van der Waals surface area contributed by atoms with E-state index < -0.39 is 0 Å². The van der Waals surface area contributed by atoms with Crippen LogP contribution in [0.5, 0.6) is 5.75 Å². The van der Waals surface area contributed by atoms with Crippen LogP contribution in [-0.4, -0.2) is 25.1 Å². The lowest BCUT2D eigenvalue weighted by Crippen LogP contribution is -2.15. The van der Waals surface area contributed by atoms with Crippen molar-refractivity contribution in [1.29, 1.82) is 0 Å². The first-order chi connectivity index (χ1) is 14.5. The van der Waals surface area contributed by atoms with Crippen LogP contribution in [0.3, 0.4) is 0 Å². The van der Waals surface area contributed by atoms with Gasteiger partial charge in [-0.05, 0) is 65.2 Å². The van der Waals surface area contributed by atoms with Crippen LogP contribution >= 0.6 is 27.7 Å². The molecule has 0 aliphatic carbocycles. The largest absolute Gasteiger partial charge is 0.486 e. The van der Waals surface area contributed by atoms with E-state index in [2.05, 4.69) is 42.4 Å². The van der Waals surface area contributed by atoms with E-state index in [0.29, 0.717) is 28.5 Å². The van der Waals surface area contributed by atoms with Crippen LogP contribution < -0.4 is 10.6 Å². The van der Waals surface area contributed by atoms with Gasteiger partial charge in [-0.3, -0.25) is 0 Å². The van der Waals surface area contributed by atoms with Gasteiger partial charge in [0.1, 0.15) is 12.4 Å². The maximum absolute atomic E-state index is 6.13. The van der Waals surface area contributed by atoms with Crippen molar-refractivity contribution in [3.63, 3.8) is 0 Å². The third kappa shape index (κ3) is 4.65. The summed E-state index contributed by atoms with van der Waals surface area (Å²) in [5, 5.41) is 17.0. The SMILES string of the molecule is Cc1cc(C)cc(OCc2nnc(SCc3nnc(-c4ccccc4Br)o3)n2N)c1. The first-order valence-electron chi connectivity index (χ1n) is 9.10. The zero-order valence-corrected chi connectivity index (χ0v) is 18.8. The van der Waals surface area contributed by atoms with Gasteiger partial charge in [-0.15, -0.1) is 20.4 Å². The zero-order valence-electron chi connectivity index (χ0n) is 16.4. The van der Waals surface area contributed by atoms with E-state index in [0.717, 1.165) is 26.9 Å². The van der Waals surface area contributed by atoms with Crippen LogP contribution in [0.25, 0.3) is 11.5 Å². The summed E-state index contributed by atoms with van der Waals surface area (Å²) in [7, 11) is 0. The highest BCUT2D eigenvalue weighted by molar-refractivity contribution is 9.10. The fourth-order valence-corrected chi connectivity index (χ4v) is 4.02. The van der Waals surface area contributed by atoms with Gasteiger partial charge in [0.25, 0.3) is 0 Å². The van der Waals surface area contributed by atoms with E-state index in [1.807, 2.05) is 50.2 Å². The Hall–Kier alpha value is -2.85. The maximum atomic E-state index is 6.13. The van der Waals surface area contributed by atoms with E-state index >= 15 is 0 Å². The molecule has 2 aromatic heterocycles. The number of hydrogen-bond donors (Lipinski definition) is 1. The minimum Gasteiger partial charge on any atom is -0.486 e. The van der Waals surface area contributed by atoms with Crippen molar-refractivity contribution in [2.24, 2.45) is 0 Å². The fraction of sp³-hybridized carbons (Fsp3) is 0.200. The molecule has 0 spiro atoms. The average molecular weight is 487 g/mol. The highest BCUT2D eigenvalue weighted by Crippen LogP contribution is 2.28. The third-order valence-corrected chi connectivity index (χ3v) is 5.81. The summed E-state index contributed by atoms with van der Waals surface area (Å²) in [6.45, 7) is 4.28. The number of hydrogen-bond acceptors (Lipinski definition) is 8. The molecule has 0 amide bonds. The molecule has 0 unspecified atom stereocenters. The van der Waals surface area contributed by atoms with E-state index in [9.17, 15) is 0 Å². The molecule has 154 valence electrons. The van der Waals surface area contributed by atoms with E-state index in [-0.39, 0.29) is 6.61 Å². The minimum atomic E-state index is 0.222. The summed E-state index contributed by atoms with van der Waals surface area (Å²) in [6.07, 6.45) is 0. The number of nitrogens with two attached hydrogens (primary N) is 1. The van der Waals surface area contributed by atoms with Crippen molar-refractivity contribution < 1.29 is 9.15 Å². The molecular formula is C20H19BrN6O2S. The van der Waals surface area contributed by atoms with Crippen molar-refractivity contribution in [2.45, 2.75) is 31.4 Å². The summed E-state index contributed by atoms with van der Waals surface area (Å²) in [5.41, 5.74) is 3.11. The van der Waals surface area contributed by atoms with Gasteiger partial charge in [0.05, 0.1) is 11.3 Å². The molecule has 2 N–H and O–H groups in total. The second-order valence-electron chi connectivity index (χ2n) is 6.65. The summed E-state index contributed by atoms with van der Waals surface area (Å²) in [5.74, 6) is 8.77. The quantitative estimate of drug-likeness (QED) is 0.304. The Morgan fingerprint density at radius 2 is 1.83 bits per heavy atom. The number of halogens is 1. The summed E-state index contributed by atoms with van der Waals surface area (Å²) in [6, 6.07) is 13.7. The van der Waals surface area contributed by atoms with Gasteiger partial charge in [0, 0.05) is 4.47 Å². The first kappa shape index (κ1) is 20.4. The standard InChI is InChI=1S/C20H19BrN6O2S/c1-12-7-13(2)9-14(8-12)28-10-17-23-26-20(27(17)22)30-11-18-24-25-19(29-18)15-5-3-4-6-16(15)21/h3-9H,10-11,22H2,1-2H3. The summed E-state index contributed by atoms with van der Waals surface area (Å²) in [4.78, 5) is 0. The average Bonchev–Trinajstić information content (AvgIpc) is 3.31. The highest BCUT2D eigenvalue weighted by Gasteiger charge is 2.15. The third-order valence-electron chi connectivity index (χ3n) is 4.19. The smallest absolute Gasteiger partial charge is 0.248 e. The number of aromatic nitrogens is 5. The van der Waals surface area contributed by atoms with E-state index in [1.165, 1.54) is 16.4 Å². The Labute approximate surface area is 186 Å². The number of benzene rings is 2. The monoisotopic (exact) mass is 486 g/mol. The molecule has 0 atom stereocenters. The molecule has 0 fully saturated rings. The van der Waals surface area contributed by atoms with Gasteiger partial charge in [-0.25, -0.2) is 4.68 Å². The van der Waals surface area contributed by atoms with Crippen LogP contribution in [0.4, 0.5) is 0 Å². The lowest BCUT2D eigenvalue weighted by molar-refractivity contribution is 0.291. The second kappa shape index (κ2) is 8.88. The minimum absolute atomic E-state index is 0.222. The molecule has 0 radical (unpaired) electrons. The normalized spacial score (nSPS) is 11.0. The molecule has 2 aromatic carbocycles. The van der Waals surface area contributed by atoms with Crippen LogP contribution in [0.2, 0.25) is 0 Å². The van der Waals surface area contributed by atoms with E-state index in [4.69, 9.17) is 15.0 Å². The molecule has 4 aromatic rings. The Morgan fingerprint density at radius 1 is 1.07 bits per heavy atom. The highest BCUT2D eigenvalue weighted by atomic mass is 79.9. The predicted octanol–water partition coefficient (Wildman–Crippen LogP) is 4.29. The number of ether oxygens (including phenoxy) is 1. The van der Waals surface area contributed by atoms with Gasteiger partial charge in [-0.1, -0.05) is 30.0 Å². The van der Waals surface area contributed by atoms with Crippen LogP contribution in [0.15, 0.2) is 56.5 Å². The van der Waals surface area contributed by atoms with Crippen molar-refractivity contribution >= 4 is 27.7 Å². The van der Waals surface area contributed by atoms with Crippen molar-refractivity contribution in [2.75, 3.05) is 5.84 Å². The number of rotatable bonds is 7. The summed E-state index contributed by atoms with van der Waals surface area (Å²) < 4.78 is 13.9. The van der Waals surface area contributed by atoms with Crippen LogP contribution in [-0.2, 0) is 12.4 Å². The number of nitrogens with zero attached hydrogens (tertiary/aromatic N) is 5. The molecule has 0 bridgehead atoms. The summed E-state index contributed by atoms with van der Waals surface area (Å²) >= 11 is 4.85. The Balaban J connectivity index is 1.38. The topological polar surface area (TPSA) is 105 Å². The second-order valence-corrected chi connectivity index (χ2v) is 8.45. The molecule has 4 rings (SSSR count). The number of thioether (sulfide) groups is 1. The Morgan fingerprint density at radius 3 is 2.60 bits per heavy atom. The Kier molecular flexibility index (Phi) is 6.05.